The normalized spacial score (nSPS) is 11.5. The van der Waals surface area contributed by atoms with Gasteiger partial charge in [-0.05, 0) is 24.1 Å². The SMILES string of the molecule is CCCC(=O)c1ncn(Cc2ccc(OC(F)(F)F)cc2)n1. The topological polar surface area (TPSA) is 57.0 Å². The van der Waals surface area contributed by atoms with E-state index < -0.39 is 6.36 Å². The molecular formula is C14H14F3N3O2. The Morgan fingerprint density at radius 1 is 1.27 bits per heavy atom. The molecular weight excluding hydrogens is 299 g/mol. The summed E-state index contributed by atoms with van der Waals surface area (Å²) in [5, 5.41) is 4.05. The molecule has 8 heteroatoms. The van der Waals surface area contributed by atoms with Crippen LogP contribution in [-0.2, 0) is 6.54 Å². The van der Waals surface area contributed by atoms with Gasteiger partial charge < -0.3 is 4.74 Å². The van der Waals surface area contributed by atoms with Crippen LogP contribution in [0, 0.1) is 0 Å². The predicted molar refractivity (Wildman–Crippen MR) is 71.5 cm³/mol. The molecule has 22 heavy (non-hydrogen) atoms. The van der Waals surface area contributed by atoms with E-state index in [0.717, 1.165) is 0 Å². The third-order valence-electron chi connectivity index (χ3n) is 2.76. The number of nitrogens with zero attached hydrogens (tertiary/aromatic N) is 3. The zero-order valence-corrected chi connectivity index (χ0v) is 11.8. The van der Waals surface area contributed by atoms with Crippen LogP contribution < -0.4 is 4.74 Å². The fraction of sp³-hybridized carbons (Fsp3) is 0.357. The molecule has 0 bridgehead atoms. The van der Waals surface area contributed by atoms with Gasteiger partial charge in [-0.25, -0.2) is 9.67 Å². The number of halogens is 3. The number of ketones is 1. The monoisotopic (exact) mass is 313 g/mol. The van der Waals surface area contributed by atoms with Crippen molar-refractivity contribution in [3.05, 3.63) is 42.0 Å². The summed E-state index contributed by atoms with van der Waals surface area (Å²) in [6.07, 6.45) is -2.19. The van der Waals surface area contributed by atoms with Crippen LogP contribution in [0.15, 0.2) is 30.6 Å². The first-order chi connectivity index (χ1) is 10.4. The molecule has 0 atom stereocenters. The molecule has 118 valence electrons. The van der Waals surface area contributed by atoms with Crippen LogP contribution in [0.3, 0.4) is 0 Å². The number of Topliss-reactive ketones (excluding diaryl/α,β-unsaturated/α-hetero) is 1. The first-order valence-electron chi connectivity index (χ1n) is 6.64. The second-order valence-corrected chi connectivity index (χ2v) is 4.63. The number of carbonyl (C=O) groups excluding carboxylic acids is 1. The van der Waals surface area contributed by atoms with Crippen LogP contribution in [0.4, 0.5) is 13.2 Å². The lowest BCUT2D eigenvalue weighted by Crippen LogP contribution is -2.17. The summed E-state index contributed by atoms with van der Waals surface area (Å²) in [6, 6.07) is 5.44. The van der Waals surface area contributed by atoms with Gasteiger partial charge in [-0.2, -0.15) is 0 Å². The Kier molecular flexibility index (Phi) is 4.79. The van der Waals surface area contributed by atoms with Crippen molar-refractivity contribution in [2.75, 3.05) is 0 Å². The number of carbonyl (C=O) groups is 1. The highest BCUT2D eigenvalue weighted by molar-refractivity contribution is 5.92. The Labute approximate surface area is 124 Å². The van der Waals surface area contributed by atoms with Gasteiger partial charge in [-0.15, -0.1) is 18.3 Å². The first-order valence-corrected chi connectivity index (χ1v) is 6.64. The van der Waals surface area contributed by atoms with Crippen LogP contribution in [-0.4, -0.2) is 26.9 Å². The van der Waals surface area contributed by atoms with E-state index in [1.807, 2.05) is 6.92 Å². The minimum atomic E-state index is -4.71. The molecule has 0 N–H and O–H groups in total. The van der Waals surface area contributed by atoms with Gasteiger partial charge in [-0.1, -0.05) is 19.1 Å². The number of hydrogen-bond acceptors (Lipinski definition) is 4. The van der Waals surface area contributed by atoms with Crippen LogP contribution in [0.25, 0.3) is 0 Å². The van der Waals surface area contributed by atoms with E-state index >= 15 is 0 Å². The molecule has 0 radical (unpaired) electrons. The van der Waals surface area contributed by atoms with Crippen LogP contribution >= 0.6 is 0 Å². The maximum Gasteiger partial charge on any atom is 0.573 e. The first kappa shape index (κ1) is 16.0. The maximum absolute atomic E-state index is 12.1. The van der Waals surface area contributed by atoms with E-state index in [9.17, 15) is 18.0 Å². The number of aromatic nitrogens is 3. The number of ether oxygens (including phenoxy) is 1. The Hall–Kier alpha value is -2.38. The average Bonchev–Trinajstić information content (AvgIpc) is 2.88. The van der Waals surface area contributed by atoms with Gasteiger partial charge in [-0.3, -0.25) is 4.79 Å². The van der Waals surface area contributed by atoms with E-state index in [4.69, 9.17) is 0 Å². The number of benzene rings is 1. The van der Waals surface area contributed by atoms with Crippen molar-refractivity contribution < 1.29 is 22.7 Å². The van der Waals surface area contributed by atoms with Gasteiger partial charge in [0.2, 0.25) is 11.6 Å². The van der Waals surface area contributed by atoms with Crippen molar-refractivity contribution in [2.24, 2.45) is 0 Å². The molecule has 0 saturated heterocycles. The highest BCUT2D eigenvalue weighted by atomic mass is 19.4. The van der Waals surface area contributed by atoms with E-state index in [-0.39, 0.29) is 17.4 Å². The van der Waals surface area contributed by atoms with Crippen LogP contribution in [0.1, 0.15) is 35.9 Å². The maximum atomic E-state index is 12.1. The summed E-state index contributed by atoms with van der Waals surface area (Å²) in [6.45, 7) is 2.19. The third kappa shape index (κ3) is 4.57. The third-order valence-corrected chi connectivity index (χ3v) is 2.76. The Morgan fingerprint density at radius 3 is 2.55 bits per heavy atom. The highest BCUT2D eigenvalue weighted by Crippen LogP contribution is 2.22. The minimum absolute atomic E-state index is 0.129. The van der Waals surface area contributed by atoms with Crippen molar-refractivity contribution in [1.29, 1.82) is 0 Å². The van der Waals surface area contributed by atoms with Crippen molar-refractivity contribution in [3.8, 4) is 5.75 Å². The Morgan fingerprint density at radius 2 is 1.95 bits per heavy atom. The summed E-state index contributed by atoms with van der Waals surface area (Å²) in [4.78, 5) is 15.6. The van der Waals surface area contributed by atoms with Gasteiger partial charge in [0.15, 0.2) is 0 Å². The summed E-state index contributed by atoms with van der Waals surface area (Å²) in [5.41, 5.74) is 0.717. The van der Waals surface area contributed by atoms with Gasteiger partial charge in [0.25, 0.3) is 0 Å². The highest BCUT2D eigenvalue weighted by Gasteiger charge is 2.30. The predicted octanol–water partition coefficient (Wildman–Crippen LogP) is 3.21. The molecule has 0 fully saturated rings. The molecule has 0 saturated carbocycles. The zero-order valence-electron chi connectivity index (χ0n) is 11.8. The smallest absolute Gasteiger partial charge is 0.406 e. The Balaban J connectivity index is 2.00. The van der Waals surface area contributed by atoms with Gasteiger partial charge in [0.05, 0.1) is 6.54 Å². The van der Waals surface area contributed by atoms with Crippen LogP contribution in [0.5, 0.6) is 5.75 Å². The van der Waals surface area contributed by atoms with E-state index in [0.29, 0.717) is 24.9 Å². The molecule has 0 aliphatic heterocycles. The quantitative estimate of drug-likeness (QED) is 0.768. The van der Waals surface area contributed by atoms with E-state index in [1.165, 1.54) is 35.3 Å². The fourth-order valence-corrected chi connectivity index (χ4v) is 1.82. The van der Waals surface area contributed by atoms with Crippen molar-refractivity contribution in [2.45, 2.75) is 32.7 Å². The molecule has 0 aliphatic rings. The number of alkyl halides is 3. The lowest BCUT2D eigenvalue weighted by molar-refractivity contribution is -0.274. The number of hydrogen-bond donors (Lipinski definition) is 0. The summed E-state index contributed by atoms with van der Waals surface area (Å²) in [7, 11) is 0. The van der Waals surface area contributed by atoms with Gasteiger partial charge in [0, 0.05) is 6.42 Å². The van der Waals surface area contributed by atoms with Crippen molar-refractivity contribution in [3.63, 3.8) is 0 Å². The molecule has 5 nitrogen and oxygen atoms in total. The van der Waals surface area contributed by atoms with Gasteiger partial charge >= 0.3 is 6.36 Å². The molecule has 1 heterocycles. The molecule has 2 aromatic rings. The molecule has 0 spiro atoms. The lowest BCUT2D eigenvalue weighted by Gasteiger charge is -2.09. The summed E-state index contributed by atoms with van der Waals surface area (Å²) >= 11 is 0. The second kappa shape index (κ2) is 6.59. The number of rotatable bonds is 6. The summed E-state index contributed by atoms with van der Waals surface area (Å²) < 4.78 is 41.4. The lowest BCUT2D eigenvalue weighted by atomic mass is 10.2. The minimum Gasteiger partial charge on any atom is -0.406 e. The Bertz CT molecular complexity index is 636. The molecule has 0 amide bonds. The molecule has 1 aromatic heterocycles. The average molecular weight is 313 g/mol. The van der Waals surface area contributed by atoms with Crippen LogP contribution in [0.2, 0.25) is 0 Å². The van der Waals surface area contributed by atoms with Crippen molar-refractivity contribution in [1.82, 2.24) is 14.8 Å². The zero-order chi connectivity index (χ0) is 16.2. The summed E-state index contributed by atoms with van der Waals surface area (Å²) in [5.74, 6) is -0.261. The standard InChI is InChI=1S/C14H14F3N3O2/c1-2-3-12(21)13-18-9-20(19-13)8-10-4-6-11(7-5-10)22-14(15,16)17/h4-7,9H,2-3,8H2,1H3. The van der Waals surface area contributed by atoms with Gasteiger partial charge in [0.1, 0.15) is 12.1 Å². The van der Waals surface area contributed by atoms with E-state index in [1.54, 1.807) is 0 Å². The van der Waals surface area contributed by atoms with Crippen molar-refractivity contribution >= 4 is 5.78 Å². The second-order valence-electron chi connectivity index (χ2n) is 4.63. The molecule has 0 unspecified atom stereocenters. The fourth-order valence-electron chi connectivity index (χ4n) is 1.82. The largest absolute Gasteiger partial charge is 0.573 e. The molecule has 0 aliphatic carbocycles. The van der Waals surface area contributed by atoms with E-state index in [2.05, 4.69) is 14.8 Å². The molecule has 1 aromatic carbocycles. The molecule has 2 rings (SSSR count).